The molecular weight excluding hydrogens is 246 g/mol. The van der Waals surface area contributed by atoms with E-state index in [0.29, 0.717) is 13.2 Å². The van der Waals surface area contributed by atoms with Crippen LogP contribution in [0.25, 0.3) is 0 Å². The van der Waals surface area contributed by atoms with E-state index in [4.69, 9.17) is 9.47 Å². The molecule has 19 heavy (non-hydrogen) atoms. The van der Waals surface area contributed by atoms with Crippen molar-refractivity contribution in [2.45, 2.75) is 52.1 Å². The number of carbonyl (C=O) groups excluding carboxylic acids is 2. The first-order chi connectivity index (χ1) is 8.85. The van der Waals surface area contributed by atoms with Crippen molar-refractivity contribution >= 4 is 12.1 Å². The second-order valence-electron chi connectivity index (χ2n) is 5.21. The lowest BCUT2D eigenvalue weighted by Crippen LogP contribution is -2.32. The standard InChI is InChI=1S/C14H25NO4/c1-5-12(16)18-11-9-7-6-8-10-15-13(17)19-14(2,3)4/h5H,1,6-11H2,2-4H3,(H,15,17). The van der Waals surface area contributed by atoms with Crippen molar-refractivity contribution in [2.75, 3.05) is 13.2 Å². The number of hydrogen-bond donors (Lipinski definition) is 1. The van der Waals surface area contributed by atoms with Gasteiger partial charge in [-0.3, -0.25) is 0 Å². The van der Waals surface area contributed by atoms with Crippen LogP contribution >= 0.6 is 0 Å². The maximum atomic E-state index is 11.3. The van der Waals surface area contributed by atoms with Gasteiger partial charge in [0, 0.05) is 12.6 Å². The van der Waals surface area contributed by atoms with Crippen LogP contribution in [0, 0.1) is 0 Å². The van der Waals surface area contributed by atoms with Crippen LogP contribution in [-0.4, -0.2) is 30.8 Å². The third-order valence-electron chi connectivity index (χ3n) is 2.15. The van der Waals surface area contributed by atoms with E-state index >= 15 is 0 Å². The molecular formula is C14H25NO4. The maximum Gasteiger partial charge on any atom is 0.407 e. The van der Waals surface area contributed by atoms with Crippen LogP contribution in [0.15, 0.2) is 12.7 Å². The molecule has 1 N–H and O–H groups in total. The fourth-order valence-corrected chi connectivity index (χ4v) is 1.32. The summed E-state index contributed by atoms with van der Waals surface area (Å²) < 4.78 is 9.95. The highest BCUT2D eigenvalue weighted by Gasteiger charge is 2.15. The molecule has 0 aliphatic rings. The Kier molecular flexibility index (Phi) is 8.66. The molecule has 0 aromatic carbocycles. The predicted molar refractivity (Wildman–Crippen MR) is 73.9 cm³/mol. The van der Waals surface area contributed by atoms with Gasteiger partial charge in [-0.15, -0.1) is 0 Å². The summed E-state index contributed by atoms with van der Waals surface area (Å²) in [6.45, 7) is 9.83. The Hall–Kier alpha value is -1.52. The quantitative estimate of drug-likeness (QED) is 0.419. The van der Waals surface area contributed by atoms with Gasteiger partial charge >= 0.3 is 12.1 Å². The van der Waals surface area contributed by atoms with Gasteiger partial charge in [-0.05, 0) is 40.0 Å². The zero-order valence-electron chi connectivity index (χ0n) is 12.2. The molecule has 5 heteroatoms. The van der Waals surface area contributed by atoms with Crippen LogP contribution in [0.4, 0.5) is 4.79 Å². The first-order valence-corrected chi connectivity index (χ1v) is 6.61. The first-order valence-electron chi connectivity index (χ1n) is 6.61. The summed E-state index contributed by atoms with van der Waals surface area (Å²) in [5.41, 5.74) is -0.459. The fraction of sp³-hybridized carbons (Fsp3) is 0.714. The van der Waals surface area contributed by atoms with Crippen molar-refractivity contribution < 1.29 is 19.1 Å². The van der Waals surface area contributed by atoms with Crippen LogP contribution in [-0.2, 0) is 14.3 Å². The highest BCUT2D eigenvalue weighted by Crippen LogP contribution is 2.06. The average molecular weight is 271 g/mol. The van der Waals surface area contributed by atoms with E-state index in [9.17, 15) is 9.59 Å². The third-order valence-corrected chi connectivity index (χ3v) is 2.15. The zero-order valence-corrected chi connectivity index (χ0v) is 12.2. The number of unbranched alkanes of at least 4 members (excludes halogenated alkanes) is 3. The van der Waals surface area contributed by atoms with E-state index in [2.05, 4.69) is 11.9 Å². The minimum absolute atomic E-state index is 0.382. The topological polar surface area (TPSA) is 64.6 Å². The van der Waals surface area contributed by atoms with Gasteiger partial charge in [0.25, 0.3) is 0 Å². The second kappa shape index (κ2) is 9.42. The number of ether oxygens (including phenoxy) is 2. The molecule has 0 aliphatic heterocycles. The molecule has 0 atom stereocenters. The van der Waals surface area contributed by atoms with Gasteiger partial charge in [0.2, 0.25) is 0 Å². The number of rotatable bonds is 8. The van der Waals surface area contributed by atoms with Crippen LogP contribution in [0.5, 0.6) is 0 Å². The number of hydrogen-bond acceptors (Lipinski definition) is 4. The lowest BCUT2D eigenvalue weighted by molar-refractivity contribution is -0.137. The predicted octanol–water partition coefficient (Wildman–Crippen LogP) is 2.80. The summed E-state index contributed by atoms with van der Waals surface area (Å²) in [5, 5.41) is 2.70. The Morgan fingerprint density at radius 2 is 1.79 bits per heavy atom. The molecule has 0 spiro atoms. The number of nitrogens with one attached hydrogen (secondary N) is 1. The minimum atomic E-state index is -0.459. The van der Waals surface area contributed by atoms with Crippen molar-refractivity contribution in [1.82, 2.24) is 5.32 Å². The molecule has 0 unspecified atom stereocenters. The van der Waals surface area contributed by atoms with E-state index in [1.165, 1.54) is 0 Å². The van der Waals surface area contributed by atoms with Gasteiger partial charge in [0.1, 0.15) is 5.60 Å². The summed E-state index contributed by atoms with van der Waals surface area (Å²) in [6.07, 6.45) is 4.42. The van der Waals surface area contributed by atoms with Crippen molar-refractivity contribution in [2.24, 2.45) is 0 Å². The zero-order chi connectivity index (χ0) is 14.7. The molecule has 0 saturated carbocycles. The van der Waals surface area contributed by atoms with E-state index in [1.807, 2.05) is 20.8 Å². The third kappa shape index (κ3) is 12.7. The average Bonchev–Trinajstić information content (AvgIpc) is 2.29. The number of esters is 1. The number of amides is 1. The lowest BCUT2D eigenvalue weighted by Gasteiger charge is -2.19. The van der Waals surface area contributed by atoms with Crippen molar-refractivity contribution in [3.8, 4) is 0 Å². The van der Waals surface area contributed by atoms with Gasteiger partial charge in [-0.2, -0.15) is 0 Å². The van der Waals surface area contributed by atoms with Crippen LogP contribution in [0.2, 0.25) is 0 Å². The molecule has 0 saturated heterocycles. The second-order valence-corrected chi connectivity index (χ2v) is 5.21. The molecule has 0 radical (unpaired) electrons. The molecule has 0 aromatic rings. The monoisotopic (exact) mass is 271 g/mol. The van der Waals surface area contributed by atoms with Crippen molar-refractivity contribution in [3.05, 3.63) is 12.7 Å². The van der Waals surface area contributed by atoms with Crippen LogP contribution in [0.3, 0.4) is 0 Å². The number of carbonyl (C=O) groups is 2. The maximum absolute atomic E-state index is 11.3. The first kappa shape index (κ1) is 17.5. The molecule has 0 aromatic heterocycles. The Morgan fingerprint density at radius 1 is 1.16 bits per heavy atom. The Bertz CT molecular complexity index is 294. The summed E-state index contributed by atoms with van der Waals surface area (Å²) in [5.74, 6) is -0.383. The normalized spacial score (nSPS) is 10.7. The Morgan fingerprint density at radius 3 is 2.37 bits per heavy atom. The fourth-order valence-electron chi connectivity index (χ4n) is 1.32. The van der Waals surface area contributed by atoms with Gasteiger partial charge in [-0.1, -0.05) is 13.0 Å². The molecule has 0 aliphatic carbocycles. The number of alkyl carbamates (subject to hydrolysis) is 1. The molecule has 5 nitrogen and oxygen atoms in total. The largest absolute Gasteiger partial charge is 0.463 e. The van der Waals surface area contributed by atoms with Crippen LogP contribution < -0.4 is 5.32 Å². The van der Waals surface area contributed by atoms with Gasteiger partial charge in [0.05, 0.1) is 6.61 Å². The van der Waals surface area contributed by atoms with Gasteiger partial charge in [0.15, 0.2) is 0 Å². The summed E-state index contributed by atoms with van der Waals surface area (Å²) in [6, 6.07) is 0. The molecule has 0 bridgehead atoms. The molecule has 0 fully saturated rings. The Labute approximate surface area is 115 Å². The van der Waals surface area contributed by atoms with E-state index in [-0.39, 0.29) is 12.1 Å². The van der Waals surface area contributed by atoms with Gasteiger partial charge in [-0.25, -0.2) is 9.59 Å². The summed E-state index contributed by atoms with van der Waals surface area (Å²) in [7, 11) is 0. The van der Waals surface area contributed by atoms with E-state index in [0.717, 1.165) is 31.8 Å². The molecule has 1 amide bonds. The highest BCUT2D eigenvalue weighted by molar-refractivity contribution is 5.81. The minimum Gasteiger partial charge on any atom is -0.463 e. The van der Waals surface area contributed by atoms with Gasteiger partial charge < -0.3 is 14.8 Å². The summed E-state index contributed by atoms with van der Waals surface area (Å²) in [4.78, 5) is 22.0. The SMILES string of the molecule is C=CC(=O)OCCCCCCNC(=O)OC(C)(C)C. The smallest absolute Gasteiger partial charge is 0.407 e. The summed E-state index contributed by atoms with van der Waals surface area (Å²) >= 11 is 0. The molecule has 0 rings (SSSR count). The van der Waals surface area contributed by atoms with E-state index in [1.54, 1.807) is 0 Å². The van der Waals surface area contributed by atoms with E-state index < -0.39 is 5.60 Å². The molecule has 0 heterocycles. The Balaban J connectivity index is 3.34. The highest BCUT2D eigenvalue weighted by atomic mass is 16.6. The van der Waals surface area contributed by atoms with Crippen molar-refractivity contribution in [3.63, 3.8) is 0 Å². The van der Waals surface area contributed by atoms with Crippen molar-refractivity contribution in [1.29, 1.82) is 0 Å². The molecule has 110 valence electrons. The van der Waals surface area contributed by atoms with Crippen LogP contribution in [0.1, 0.15) is 46.5 Å². The lowest BCUT2D eigenvalue weighted by atomic mass is 10.2.